The highest BCUT2D eigenvalue weighted by Gasteiger charge is 2.32. The smallest absolute Gasteiger partial charge is 0.365 e. The number of nitrogens with one attached hydrogen (secondary N) is 1. The van der Waals surface area contributed by atoms with Gasteiger partial charge in [0.15, 0.2) is 0 Å². The maximum atomic E-state index is 12.7. The van der Waals surface area contributed by atoms with Crippen molar-refractivity contribution in [3.05, 3.63) is 52.0 Å². The molecule has 3 rings (SSSR count). The maximum absolute atomic E-state index is 12.7. The molecular weight excluding hydrogens is 285 g/mol. The maximum Gasteiger partial charge on any atom is 0.417 e. The van der Waals surface area contributed by atoms with Gasteiger partial charge in [0, 0.05) is 19.2 Å². The third-order valence-corrected chi connectivity index (χ3v) is 3.42. The van der Waals surface area contributed by atoms with Crippen LogP contribution in [-0.2, 0) is 19.1 Å². The zero-order chi connectivity index (χ0) is 15.0. The number of aromatic nitrogens is 3. The molecule has 110 valence electrons. The van der Waals surface area contributed by atoms with Crippen molar-refractivity contribution in [3.63, 3.8) is 0 Å². The number of fused-ring (bicyclic) bond motifs is 1. The fourth-order valence-electron chi connectivity index (χ4n) is 2.33. The van der Waals surface area contributed by atoms with Crippen LogP contribution in [0, 0.1) is 0 Å². The molecule has 1 aliphatic heterocycles. The SMILES string of the molecule is O=c1[nH]cnc2c1CN(c1cncc(C(F)(F)F)c1)CC2. The van der Waals surface area contributed by atoms with Gasteiger partial charge in [0.25, 0.3) is 5.56 Å². The largest absolute Gasteiger partial charge is 0.417 e. The molecule has 0 fully saturated rings. The number of aromatic amines is 1. The Hall–Kier alpha value is -2.38. The van der Waals surface area contributed by atoms with Gasteiger partial charge in [-0.3, -0.25) is 9.78 Å². The van der Waals surface area contributed by atoms with Gasteiger partial charge in [-0.05, 0) is 6.07 Å². The molecule has 8 heteroatoms. The minimum atomic E-state index is -4.43. The van der Waals surface area contributed by atoms with Crippen molar-refractivity contribution in [2.24, 2.45) is 0 Å². The van der Waals surface area contributed by atoms with Gasteiger partial charge in [-0.15, -0.1) is 0 Å². The summed E-state index contributed by atoms with van der Waals surface area (Å²) in [6, 6.07) is 1.04. The second-order valence-electron chi connectivity index (χ2n) is 4.76. The Morgan fingerprint density at radius 1 is 1.29 bits per heavy atom. The van der Waals surface area contributed by atoms with Gasteiger partial charge in [-0.1, -0.05) is 0 Å². The van der Waals surface area contributed by atoms with Crippen LogP contribution in [0.4, 0.5) is 18.9 Å². The van der Waals surface area contributed by atoms with Crippen LogP contribution in [0.5, 0.6) is 0 Å². The average molecular weight is 296 g/mol. The summed E-state index contributed by atoms with van der Waals surface area (Å²) in [5.41, 5.74) is 0.463. The number of hydrogen-bond acceptors (Lipinski definition) is 4. The lowest BCUT2D eigenvalue weighted by molar-refractivity contribution is -0.137. The van der Waals surface area contributed by atoms with Crippen molar-refractivity contribution in [3.8, 4) is 0 Å². The number of pyridine rings is 1. The number of rotatable bonds is 1. The van der Waals surface area contributed by atoms with Crippen LogP contribution in [0.2, 0.25) is 0 Å². The molecule has 0 atom stereocenters. The van der Waals surface area contributed by atoms with Crippen LogP contribution >= 0.6 is 0 Å². The van der Waals surface area contributed by atoms with E-state index in [0.29, 0.717) is 29.9 Å². The standard InChI is InChI=1S/C13H11F3N4O/c14-13(15,16)8-3-9(5-17-4-8)20-2-1-11-10(6-20)12(21)19-7-18-11/h3-5,7H,1-2,6H2,(H,18,19,21). The fraction of sp³-hybridized carbons (Fsp3) is 0.308. The first kappa shape index (κ1) is 13.6. The molecule has 2 aromatic rings. The minimum absolute atomic E-state index is 0.224. The number of alkyl halides is 3. The molecule has 0 saturated heterocycles. The molecule has 0 saturated carbocycles. The van der Waals surface area contributed by atoms with Crippen molar-refractivity contribution in [2.75, 3.05) is 11.4 Å². The molecule has 0 aliphatic carbocycles. The van der Waals surface area contributed by atoms with Crippen molar-refractivity contribution < 1.29 is 13.2 Å². The average Bonchev–Trinajstić information content (AvgIpc) is 2.47. The predicted octanol–water partition coefficient (Wildman–Crippen LogP) is 1.75. The first-order valence-electron chi connectivity index (χ1n) is 6.28. The summed E-state index contributed by atoms with van der Waals surface area (Å²) in [5, 5.41) is 0. The molecule has 0 unspecified atom stereocenters. The van der Waals surface area contributed by atoms with Crippen LogP contribution < -0.4 is 10.5 Å². The fourth-order valence-corrected chi connectivity index (χ4v) is 2.33. The zero-order valence-corrected chi connectivity index (χ0v) is 10.8. The van der Waals surface area contributed by atoms with Gasteiger partial charge in [0.2, 0.25) is 0 Å². The Morgan fingerprint density at radius 2 is 2.10 bits per heavy atom. The molecule has 0 bridgehead atoms. The van der Waals surface area contributed by atoms with Crippen LogP contribution in [-0.4, -0.2) is 21.5 Å². The van der Waals surface area contributed by atoms with Crippen LogP contribution in [0.25, 0.3) is 0 Å². The molecule has 0 radical (unpaired) electrons. The number of H-pyrrole nitrogens is 1. The van der Waals surface area contributed by atoms with E-state index in [-0.39, 0.29) is 12.1 Å². The molecule has 5 nitrogen and oxygen atoms in total. The van der Waals surface area contributed by atoms with Crippen LogP contribution in [0.15, 0.2) is 29.6 Å². The Kier molecular flexibility index (Phi) is 3.15. The normalized spacial score (nSPS) is 14.9. The molecule has 21 heavy (non-hydrogen) atoms. The summed E-state index contributed by atoms with van der Waals surface area (Å²) in [6.07, 6.45) is -0.436. The molecule has 2 aromatic heterocycles. The van der Waals surface area contributed by atoms with E-state index in [1.165, 1.54) is 12.5 Å². The second kappa shape index (κ2) is 4.87. The van der Waals surface area contributed by atoms with E-state index in [0.717, 1.165) is 12.3 Å². The van der Waals surface area contributed by atoms with Gasteiger partial charge in [0.05, 0.1) is 41.6 Å². The van der Waals surface area contributed by atoms with Gasteiger partial charge in [-0.25, -0.2) is 4.98 Å². The van der Waals surface area contributed by atoms with Gasteiger partial charge >= 0.3 is 6.18 Å². The quantitative estimate of drug-likeness (QED) is 0.871. The summed E-state index contributed by atoms with van der Waals surface area (Å²) in [7, 11) is 0. The first-order valence-corrected chi connectivity index (χ1v) is 6.28. The highest BCUT2D eigenvalue weighted by atomic mass is 19.4. The number of hydrogen-bond donors (Lipinski definition) is 1. The number of halogens is 3. The van der Waals surface area contributed by atoms with E-state index in [2.05, 4.69) is 15.0 Å². The summed E-state index contributed by atoms with van der Waals surface area (Å²) in [6.45, 7) is 0.716. The number of anilines is 1. The van der Waals surface area contributed by atoms with Crippen LogP contribution in [0.1, 0.15) is 16.8 Å². The molecule has 1 aliphatic rings. The van der Waals surface area contributed by atoms with Crippen LogP contribution in [0.3, 0.4) is 0 Å². The lowest BCUT2D eigenvalue weighted by Crippen LogP contribution is -2.35. The third-order valence-electron chi connectivity index (χ3n) is 3.42. The molecule has 0 spiro atoms. The lowest BCUT2D eigenvalue weighted by atomic mass is 10.1. The van der Waals surface area contributed by atoms with E-state index >= 15 is 0 Å². The zero-order valence-electron chi connectivity index (χ0n) is 10.8. The molecule has 1 N–H and O–H groups in total. The summed E-state index contributed by atoms with van der Waals surface area (Å²) in [5.74, 6) is 0. The van der Waals surface area contributed by atoms with E-state index in [9.17, 15) is 18.0 Å². The molecular formula is C13H11F3N4O. The van der Waals surface area contributed by atoms with Crippen molar-refractivity contribution >= 4 is 5.69 Å². The Morgan fingerprint density at radius 3 is 2.86 bits per heavy atom. The summed E-state index contributed by atoms with van der Waals surface area (Å²) < 4.78 is 38.1. The summed E-state index contributed by atoms with van der Waals surface area (Å²) in [4.78, 5) is 23.7. The van der Waals surface area contributed by atoms with E-state index in [1.807, 2.05) is 0 Å². The van der Waals surface area contributed by atoms with Crippen molar-refractivity contribution in [2.45, 2.75) is 19.1 Å². The molecule has 0 amide bonds. The molecule has 3 heterocycles. The van der Waals surface area contributed by atoms with E-state index in [4.69, 9.17) is 0 Å². The van der Waals surface area contributed by atoms with Gasteiger partial charge < -0.3 is 9.88 Å². The molecule has 0 aromatic carbocycles. The Balaban J connectivity index is 1.93. The topological polar surface area (TPSA) is 61.9 Å². The third kappa shape index (κ3) is 2.61. The summed E-state index contributed by atoms with van der Waals surface area (Å²) >= 11 is 0. The van der Waals surface area contributed by atoms with Gasteiger partial charge in [0.1, 0.15) is 0 Å². The lowest BCUT2D eigenvalue weighted by Gasteiger charge is -2.29. The number of nitrogens with zero attached hydrogens (tertiary/aromatic N) is 3. The monoisotopic (exact) mass is 296 g/mol. The Bertz CT molecular complexity index is 726. The first-order chi connectivity index (χ1) is 9.95. The van der Waals surface area contributed by atoms with Gasteiger partial charge in [-0.2, -0.15) is 13.2 Å². The van der Waals surface area contributed by atoms with Crippen molar-refractivity contribution in [1.82, 2.24) is 15.0 Å². The van der Waals surface area contributed by atoms with E-state index < -0.39 is 11.7 Å². The highest BCUT2D eigenvalue weighted by Crippen LogP contribution is 2.31. The van der Waals surface area contributed by atoms with Crippen molar-refractivity contribution in [1.29, 1.82) is 0 Å². The predicted molar refractivity (Wildman–Crippen MR) is 68.9 cm³/mol. The highest BCUT2D eigenvalue weighted by molar-refractivity contribution is 5.48. The Labute approximate surface area is 117 Å². The second-order valence-corrected chi connectivity index (χ2v) is 4.76. The van der Waals surface area contributed by atoms with E-state index in [1.54, 1.807) is 4.90 Å². The minimum Gasteiger partial charge on any atom is -0.365 e.